The van der Waals surface area contributed by atoms with E-state index < -0.39 is 68.2 Å². The van der Waals surface area contributed by atoms with Gasteiger partial charge >= 0.3 is 24.2 Å². The Morgan fingerprint density at radius 2 is 1.85 bits per heavy atom. The first-order chi connectivity index (χ1) is 18.4. The highest BCUT2D eigenvalue weighted by Crippen LogP contribution is 2.49. The van der Waals surface area contributed by atoms with E-state index >= 15 is 0 Å². The maximum Gasteiger partial charge on any atom is 0.458 e. The van der Waals surface area contributed by atoms with E-state index in [0.29, 0.717) is 24.5 Å². The Hall–Kier alpha value is -2.96. The van der Waals surface area contributed by atoms with Crippen LogP contribution in [-0.4, -0.2) is 46.2 Å². The third-order valence-electron chi connectivity index (χ3n) is 5.90. The van der Waals surface area contributed by atoms with Crippen LogP contribution in [0.3, 0.4) is 0 Å². The van der Waals surface area contributed by atoms with Gasteiger partial charge in [-0.2, -0.15) is 27.2 Å². The number of pyridine rings is 1. The van der Waals surface area contributed by atoms with Gasteiger partial charge in [0.15, 0.2) is 10.7 Å². The summed E-state index contributed by atoms with van der Waals surface area (Å²) in [6.07, 6.45) is -4.62. The lowest BCUT2D eigenvalue weighted by Crippen LogP contribution is -2.38. The Morgan fingerprint density at radius 1 is 1.23 bits per heavy atom. The lowest BCUT2D eigenvalue weighted by atomic mass is 10.00. The van der Waals surface area contributed by atoms with Gasteiger partial charge in [-0.1, -0.05) is 0 Å². The summed E-state index contributed by atoms with van der Waals surface area (Å²) < 4.78 is 90.9. The van der Waals surface area contributed by atoms with Gasteiger partial charge in [-0.3, -0.25) is 4.90 Å². The predicted molar refractivity (Wildman–Crippen MR) is 136 cm³/mol. The summed E-state index contributed by atoms with van der Waals surface area (Å²) >= 11 is -1.87. The van der Waals surface area contributed by atoms with Gasteiger partial charge < -0.3 is 14.0 Å². The molecule has 0 spiro atoms. The quantitative estimate of drug-likeness (QED) is 0.199. The van der Waals surface area contributed by atoms with Gasteiger partial charge in [0.2, 0.25) is 0 Å². The molecule has 0 radical (unpaired) electrons. The summed E-state index contributed by atoms with van der Waals surface area (Å²) in [6, 6.07) is 4.13. The number of halogens is 5. The fraction of sp³-hybridized carbons (Fsp3) is 0.520. The van der Waals surface area contributed by atoms with Crippen molar-refractivity contribution in [2.75, 3.05) is 17.8 Å². The average Bonchev–Trinajstić information content (AvgIpc) is 3.55. The van der Waals surface area contributed by atoms with Gasteiger partial charge in [0.05, 0.1) is 30.0 Å². The largest absolute Gasteiger partial charge is 0.611 e. The molecule has 1 unspecified atom stereocenters. The number of thiophene rings is 1. The van der Waals surface area contributed by atoms with Crippen LogP contribution in [0.4, 0.5) is 32.6 Å². The number of nitriles is 1. The minimum Gasteiger partial charge on any atom is -0.611 e. The molecule has 0 aliphatic heterocycles. The Balaban J connectivity index is 2.21. The van der Waals surface area contributed by atoms with E-state index in [9.17, 15) is 41.4 Å². The van der Waals surface area contributed by atoms with Crippen LogP contribution in [0, 0.1) is 11.3 Å². The molecule has 218 valence electrons. The third kappa shape index (κ3) is 6.34. The lowest BCUT2D eigenvalue weighted by Gasteiger charge is -2.28. The number of hydrogen-bond donors (Lipinski definition) is 0. The molecular weight excluding hydrogens is 581 g/mol. The molecule has 8 nitrogen and oxygen atoms in total. The number of hydrogen-bond acceptors (Lipinski definition) is 8. The lowest BCUT2D eigenvalue weighted by molar-refractivity contribution is -0.287. The molecule has 0 N–H and O–H groups in total. The number of aromatic nitrogens is 1. The smallest absolute Gasteiger partial charge is 0.458 e. The molecular formula is C25H26F5N3O5S2. The second-order valence-electron chi connectivity index (χ2n) is 9.97. The van der Waals surface area contributed by atoms with Crippen molar-refractivity contribution in [1.82, 2.24) is 4.98 Å². The summed E-state index contributed by atoms with van der Waals surface area (Å²) in [4.78, 5) is 28.8. The zero-order chi connectivity index (χ0) is 30.3. The summed E-state index contributed by atoms with van der Waals surface area (Å²) in [6.45, 7) is 5.48. The van der Waals surface area contributed by atoms with Crippen LogP contribution in [-0.2, 0) is 38.5 Å². The first kappa shape index (κ1) is 31.6. The molecule has 0 bridgehead atoms. The summed E-state index contributed by atoms with van der Waals surface area (Å²) in [5, 5.41) is 9.59. The highest BCUT2D eigenvalue weighted by Gasteiger charge is 2.60. The van der Waals surface area contributed by atoms with Crippen LogP contribution < -0.4 is 4.90 Å². The number of rotatable bonds is 8. The van der Waals surface area contributed by atoms with Gasteiger partial charge in [0.25, 0.3) is 0 Å². The normalized spacial score (nSPS) is 15.7. The molecule has 40 heavy (non-hydrogen) atoms. The molecule has 2 aromatic heterocycles. The summed E-state index contributed by atoms with van der Waals surface area (Å²) in [5.74, 6) is -6.63. The van der Waals surface area contributed by atoms with Crippen molar-refractivity contribution in [3.05, 3.63) is 39.2 Å². The standard InChI is InChI=1S/C25H26F5N3O5S2/c1-6-40(36)16-10-15(23(13-31)7-8-23)11-32-19(16)33(21(35)38-22(2,3)4)12-14-9-17(24(26,27)25(28,29)30)39-18(14)20(34)37-5/h9-11H,6-8,12H2,1-5H3. The maximum atomic E-state index is 14.2. The van der Waals surface area contributed by atoms with Crippen molar-refractivity contribution in [3.63, 3.8) is 0 Å². The molecule has 1 aliphatic rings. The minimum atomic E-state index is -5.95. The van der Waals surface area contributed by atoms with Crippen molar-refractivity contribution >= 4 is 40.4 Å². The van der Waals surface area contributed by atoms with Crippen molar-refractivity contribution in [3.8, 4) is 6.07 Å². The van der Waals surface area contributed by atoms with Gasteiger partial charge in [-0.15, -0.1) is 11.3 Å². The number of carbonyl (C=O) groups excluding carboxylic acids is 2. The van der Waals surface area contributed by atoms with E-state index in [2.05, 4.69) is 15.8 Å². The van der Waals surface area contributed by atoms with Crippen molar-refractivity contribution in [1.29, 1.82) is 5.26 Å². The molecule has 1 aliphatic carbocycles. The van der Waals surface area contributed by atoms with E-state index in [-0.39, 0.29) is 27.8 Å². The fourth-order valence-electron chi connectivity index (χ4n) is 3.63. The van der Waals surface area contributed by atoms with Gasteiger partial charge in [-0.25, -0.2) is 14.6 Å². The molecule has 15 heteroatoms. The first-order valence-electron chi connectivity index (χ1n) is 11.9. The number of ether oxygens (including phenoxy) is 2. The molecule has 2 aromatic rings. The van der Waals surface area contributed by atoms with Gasteiger partial charge in [-0.05, 0) is 68.9 Å². The van der Waals surface area contributed by atoms with E-state index in [1.54, 1.807) is 27.7 Å². The Kier molecular flexibility index (Phi) is 8.79. The van der Waals surface area contributed by atoms with Crippen molar-refractivity contribution in [2.45, 2.75) is 75.1 Å². The second-order valence-corrected chi connectivity index (χ2v) is 12.7. The summed E-state index contributed by atoms with van der Waals surface area (Å²) in [7, 11) is 0.921. The number of anilines is 1. The molecule has 3 rings (SSSR count). The van der Waals surface area contributed by atoms with Crippen molar-refractivity contribution < 1.29 is 45.6 Å². The topological polar surface area (TPSA) is 116 Å². The number of alkyl halides is 5. The average molecular weight is 608 g/mol. The van der Waals surface area contributed by atoms with E-state index in [4.69, 9.17) is 4.74 Å². The maximum absolute atomic E-state index is 14.2. The Labute approximate surface area is 234 Å². The minimum absolute atomic E-state index is 0.0306. The second kappa shape index (κ2) is 11.1. The molecule has 1 amide bonds. The van der Waals surface area contributed by atoms with Crippen LogP contribution in [0.15, 0.2) is 23.2 Å². The number of carbonyl (C=O) groups is 2. The van der Waals surface area contributed by atoms with E-state index in [1.807, 2.05) is 0 Å². The van der Waals surface area contributed by atoms with E-state index in [0.717, 1.165) is 12.0 Å². The Bertz CT molecular complexity index is 1330. The molecule has 2 heterocycles. The molecule has 0 saturated heterocycles. The zero-order valence-electron chi connectivity index (χ0n) is 22.1. The van der Waals surface area contributed by atoms with Crippen LogP contribution >= 0.6 is 11.3 Å². The summed E-state index contributed by atoms with van der Waals surface area (Å²) in [5.41, 5.74) is -1.82. The van der Waals surface area contributed by atoms with Crippen LogP contribution in [0.2, 0.25) is 0 Å². The van der Waals surface area contributed by atoms with Crippen LogP contribution in [0.1, 0.15) is 66.2 Å². The van der Waals surface area contributed by atoms with Gasteiger partial charge in [0.1, 0.15) is 16.2 Å². The predicted octanol–water partition coefficient (Wildman–Crippen LogP) is 6.21. The molecule has 1 atom stereocenters. The number of methoxy groups -OCH3 is 1. The molecule has 1 fully saturated rings. The highest BCUT2D eigenvalue weighted by molar-refractivity contribution is 7.91. The third-order valence-corrected chi connectivity index (χ3v) is 8.44. The van der Waals surface area contributed by atoms with Crippen molar-refractivity contribution in [2.24, 2.45) is 0 Å². The van der Waals surface area contributed by atoms with Crippen LogP contribution in [0.5, 0.6) is 0 Å². The number of esters is 1. The number of amides is 1. The first-order valence-corrected chi connectivity index (χ1v) is 14.0. The zero-order valence-corrected chi connectivity index (χ0v) is 23.8. The van der Waals surface area contributed by atoms with Crippen LogP contribution in [0.25, 0.3) is 0 Å². The van der Waals surface area contributed by atoms with Gasteiger partial charge in [0, 0.05) is 12.3 Å². The molecule has 0 aromatic carbocycles. The van der Waals surface area contributed by atoms with E-state index in [1.165, 1.54) is 12.3 Å². The highest BCUT2D eigenvalue weighted by atomic mass is 32.2. The number of nitrogens with zero attached hydrogens (tertiary/aromatic N) is 3. The molecule has 1 saturated carbocycles. The fourth-order valence-corrected chi connectivity index (χ4v) is 5.66. The SMILES string of the molecule is CC[S+]([O-])c1cc(C2(C#N)CC2)cnc1N(Cc1cc(C(F)(F)C(F)(F)F)sc1C(=O)OC)C(=O)OC(C)(C)C. The Morgan fingerprint density at radius 3 is 2.33 bits per heavy atom. The monoisotopic (exact) mass is 607 g/mol.